The van der Waals surface area contributed by atoms with Gasteiger partial charge >= 0.3 is 0 Å². The number of terminal acetylenes is 1. The van der Waals surface area contributed by atoms with E-state index < -0.39 is 0 Å². The highest BCUT2D eigenvalue weighted by molar-refractivity contribution is 5.15. The molecular formula is C15H25NO. The molecule has 0 heterocycles. The molecule has 2 saturated carbocycles. The van der Waals surface area contributed by atoms with E-state index in [1.54, 1.807) is 0 Å². The molecule has 0 aliphatic heterocycles. The van der Waals surface area contributed by atoms with Crippen LogP contribution in [0.25, 0.3) is 0 Å². The molecule has 2 rings (SSSR count). The lowest BCUT2D eigenvalue weighted by Gasteiger charge is -2.61. The van der Waals surface area contributed by atoms with Crippen molar-refractivity contribution >= 4 is 0 Å². The maximum absolute atomic E-state index is 5.85. The highest BCUT2D eigenvalue weighted by atomic mass is 16.5. The minimum absolute atomic E-state index is 0.208. The summed E-state index contributed by atoms with van der Waals surface area (Å²) < 4.78 is 5.85. The summed E-state index contributed by atoms with van der Waals surface area (Å²) in [6.07, 6.45) is 11.2. The van der Waals surface area contributed by atoms with Crippen LogP contribution >= 0.6 is 0 Å². The third-order valence-electron chi connectivity index (χ3n) is 4.66. The highest BCUT2D eigenvalue weighted by Gasteiger charge is 2.59. The first-order valence-corrected chi connectivity index (χ1v) is 6.98. The van der Waals surface area contributed by atoms with Crippen molar-refractivity contribution < 1.29 is 4.74 Å². The second kappa shape index (κ2) is 5.00. The molecule has 0 aromatic rings. The Morgan fingerprint density at radius 2 is 2.18 bits per heavy atom. The zero-order chi connectivity index (χ0) is 12.5. The van der Waals surface area contributed by atoms with Crippen molar-refractivity contribution in [1.82, 2.24) is 5.32 Å². The van der Waals surface area contributed by atoms with E-state index in [-0.39, 0.29) is 6.04 Å². The van der Waals surface area contributed by atoms with Gasteiger partial charge in [-0.25, -0.2) is 0 Å². The average molecular weight is 235 g/mol. The molecule has 1 N–H and O–H groups in total. The molecular weight excluding hydrogens is 210 g/mol. The molecule has 2 aliphatic rings. The monoisotopic (exact) mass is 235 g/mol. The zero-order valence-corrected chi connectivity index (χ0v) is 11.3. The number of hydrogen-bond donors (Lipinski definition) is 1. The fourth-order valence-electron chi connectivity index (χ4n) is 3.32. The van der Waals surface area contributed by atoms with Crippen molar-refractivity contribution in [3.63, 3.8) is 0 Å². The Morgan fingerprint density at radius 1 is 1.47 bits per heavy atom. The number of nitrogens with one attached hydrogen (secondary N) is 1. The largest absolute Gasteiger partial charge is 0.378 e. The van der Waals surface area contributed by atoms with Crippen LogP contribution in [0.2, 0.25) is 0 Å². The van der Waals surface area contributed by atoms with Gasteiger partial charge in [0.15, 0.2) is 0 Å². The van der Waals surface area contributed by atoms with E-state index in [0.717, 1.165) is 13.0 Å². The topological polar surface area (TPSA) is 21.3 Å². The van der Waals surface area contributed by atoms with E-state index in [1.165, 1.54) is 19.3 Å². The van der Waals surface area contributed by atoms with Gasteiger partial charge in [0.25, 0.3) is 0 Å². The maximum Gasteiger partial charge on any atom is 0.0712 e. The first-order valence-electron chi connectivity index (χ1n) is 6.98. The van der Waals surface area contributed by atoms with Crippen molar-refractivity contribution in [3.05, 3.63) is 0 Å². The molecule has 3 atom stereocenters. The molecule has 0 aromatic carbocycles. The van der Waals surface area contributed by atoms with E-state index in [1.807, 2.05) is 0 Å². The first kappa shape index (κ1) is 12.9. The lowest BCUT2D eigenvalue weighted by atomic mass is 9.51. The van der Waals surface area contributed by atoms with Crippen molar-refractivity contribution in [2.24, 2.45) is 11.3 Å². The molecule has 96 valence electrons. The van der Waals surface area contributed by atoms with Gasteiger partial charge in [0, 0.05) is 18.1 Å². The van der Waals surface area contributed by atoms with Gasteiger partial charge in [-0.1, -0.05) is 26.2 Å². The summed E-state index contributed by atoms with van der Waals surface area (Å²) in [7, 11) is 0. The van der Waals surface area contributed by atoms with Crippen molar-refractivity contribution in [3.8, 4) is 12.3 Å². The molecule has 3 unspecified atom stereocenters. The summed E-state index contributed by atoms with van der Waals surface area (Å²) in [5.41, 5.74) is 0.417. The van der Waals surface area contributed by atoms with Crippen molar-refractivity contribution in [1.29, 1.82) is 0 Å². The SMILES string of the molecule is C#CC(NC1CC(OCC)C12CCC2)C(C)C. The molecule has 0 saturated heterocycles. The summed E-state index contributed by atoms with van der Waals surface area (Å²) in [4.78, 5) is 0. The van der Waals surface area contributed by atoms with Crippen LogP contribution in [0.5, 0.6) is 0 Å². The smallest absolute Gasteiger partial charge is 0.0712 e. The van der Waals surface area contributed by atoms with E-state index in [4.69, 9.17) is 11.2 Å². The van der Waals surface area contributed by atoms with E-state index in [0.29, 0.717) is 23.5 Å². The highest BCUT2D eigenvalue weighted by Crippen LogP contribution is 2.57. The summed E-state index contributed by atoms with van der Waals surface area (Å²) in [5, 5.41) is 3.67. The number of rotatable bonds is 5. The van der Waals surface area contributed by atoms with Crippen LogP contribution in [0.15, 0.2) is 0 Å². The van der Waals surface area contributed by atoms with Gasteiger partial charge in [-0.2, -0.15) is 0 Å². The molecule has 2 heteroatoms. The van der Waals surface area contributed by atoms with Crippen LogP contribution in [0.1, 0.15) is 46.5 Å². The Hall–Kier alpha value is -0.520. The Kier molecular flexibility index (Phi) is 3.80. The zero-order valence-electron chi connectivity index (χ0n) is 11.3. The molecule has 17 heavy (non-hydrogen) atoms. The molecule has 0 amide bonds. The second-order valence-corrected chi connectivity index (χ2v) is 5.87. The van der Waals surface area contributed by atoms with Gasteiger partial charge in [0.2, 0.25) is 0 Å². The van der Waals surface area contributed by atoms with Crippen LogP contribution in [0.3, 0.4) is 0 Å². The minimum atomic E-state index is 0.208. The van der Waals surface area contributed by atoms with Gasteiger partial charge in [-0.05, 0) is 32.1 Å². The Bertz CT molecular complexity index is 301. The number of hydrogen-bond acceptors (Lipinski definition) is 2. The molecule has 0 aromatic heterocycles. The molecule has 2 nitrogen and oxygen atoms in total. The maximum atomic E-state index is 5.85. The quantitative estimate of drug-likeness (QED) is 0.740. The van der Waals surface area contributed by atoms with Crippen molar-refractivity contribution in [2.75, 3.05) is 6.61 Å². The molecule has 2 aliphatic carbocycles. The summed E-state index contributed by atoms with van der Waals surface area (Å²) in [6.45, 7) is 7.29. The fourth-order valence-corrected chi connectivity index (χ4v) is 3.32. The first-order chi connectivity index (χ1) is 8.14. The van der Waals surface area contributed by atoms with Gasteiger partial charge in [0.1, 0.15) is 0 Å². The van der Waals surface area contributed by atoms with Crippen LogP contribution < -0.4 is 5.32 Å². The predicted octanol–water partition coefficient (Wildman–Crippen LogP) is 2.58. The van der Waals surface area contributed by atoms with E-state index in [2.05, 4.69) is 32.0 Å². The van der Waals surface area contributed by atoms with E-state index in [9.17, 15) is 0 Å². The van der Waals surface area contributed by atoms with Gasteiger partial charge < -0.3 is 4.74 Å². The van der Waals surface area contributed by atoms with Gasteiger partial charge in [0.05, 0.1) is 12.1 Å². The Balaban J connectivity index is 1.93. The van der Waals surface area contributed by atoms with Crippen LogP contribution in [0.4, 0.5) is 0 Å². The van der Waals surface area contributed by atoms with Crippen molar-refractivity contribution in [2.45, 2.75) is 64.6 Å². The predicted molar refractivity (Wildman–Crippen MR) is 70.7 cm³/mol. The summed E-state index contributed by atoms with van der Waals surface area (Å²) in [5.74, 6) is 3.38. The normalized spacial score (nSPS) is 31.7. The van der Waals surface area contributed by atoms with Crippen LogP contribution in [-0.2, 0) is 4.74 Å². The lowest BCUT2D eigenvalue weighted by Crippen LogP contribution is -2.68. The van der Waals surface area contributed by atoms with Crippen LogP contribution in [0, 0.1) is 23.7 Å². The second-order valence-electron chi connectivity index (χ2n) is 5.87. The van der Waals surface area contributed by atoms with Gasteiger partial charge in [-0.3, -0.25) is 5.32 Å². The van der Waals surface area contributed by atoms with Gasteiger partial charge in [-0.15, -0.1) is 6.42 Å². The Morgan fingerprint density at radius 3 is 2.59 bits per heavy atom. The number of ether oxygens (including phenoxy) is 1. The standard InChI is InChI=1S/C15H25NO/c1-5-12(11(3)4)16-13-10-14(17-6-2)15(13)8-7-9-15/h1,11-14,16H,6-10H2,2-4H3. The minimum Gasteiger partial charge on any atom is -0.378 e. The third kappa shape index (κ3) is 2.11. The molecule has 0 radical (unpaired) electrons. The summed E-state index contributed by atoms with van der Waals surface area (Å²) >= 11 is 0. The molecule has 0 bridgehead atoms. The summed E-state index contributed by atoms with van der Waals surface area (Å²) in [6, 6.07) is 0.788. The van der Waals surface area contributed by atoms with Crippen LogP contribution in [-0.4, -0.2) is 24.8 Å². The molecule has 1 spiro atoms. The van der Waals surface area contributed by atoms with E-state index >= 15 is 0 Å². The Labute approximate surface area is 105 Å². The lowest BCUT2D eigenvalue weighted by molar-refractivity contribution is -0.174. The molecule has 2 fully saturated rings. The third-order valence-corrected chi connectivity index (χ3v) is 4.66. The fraction of sp³-hybridized carbons (Fsp3) is 0.867. The average Bonchev–Trinajstić information content (AvgIpc) is 2.19.